The molecule has 13 heteroatoms. The molecular weight excluding hydrogens is 597 g/mol. The van der Waals surface area contributed by atoms with Gasteiger partial charge in [0.25, 0.3) is 5.78 Å². The molecule has 6 rings (SSSR count). The number of anilines is 1. The number of aromatic nitrogens is 2. The number of Topliss-reactive ketones (excluding diaryl/α,β-unsaturated/α-hetero) is 1. The zero-order valence-electron chi connectivity index (χ0n) is 22.5. The molecule has 1 N–H and O–H groups in total. The minimum absolute atomic E-state index is 0.145. The molecule has 4 aromatic rings. The number of amides is 1. The van der Waals surface area contributed by atoms with Crippen LogP contribution < -0.4 is 14.4 Å². The number of hydrogen-bond acceptors (Lipinski definition) is 11. The predicted octanol–water partition coefficient (Wildman–Crippen LogP) is 5.15. The highest BCUT2D eigenvalue weighted by molar-refractivity contribution is 8.00. The van der Waals surface area contributed by atoms with Crippen molar-refractivity contribution in [1.82, 2.24) is 10.2 Å². The molecule has 1 fully saturated rings. The van der Waals surface area contributed by atoms with E-state index in [1.165, 1.54) is 48.0 Å². The summed E-state index contributed by atoms with van der Waals surface area (Å²) in [6.07, 6.45) is 0. The molecule has 2 aliphatic heterocycles. The van der Waals surface area contributed by atoms with Crippen LogP contribution in [0, 0.1) is 5.82 Å². The van der Waals surface area contributed by atoms with Gasteiger partial charge in [-0.3, -0.25) is 14.5 Å². The molecule has 43 heavy (non-hydrogen) atoms. The van der Waals surface area contributed by atoms with Crippen molar-refractivity contribution in [1.29, 1.82) is 0 Å². The number of methoxy groups -OCH3 is 1. The normalized spacial score (nSPS) is 17.3. The first kappa shape index (κ1) is 28.4. The lowest BCUT2D eigenvalue weighted by Gasteiger charge is -2.23. The standard InChI is InChI=1S/C30H22FN3O7S2/c1-39-28(38)18-6-4-17(5-7-18)24-23(25(35)19-8-11-21-22(14-19)41-13-12-40-21)26(36)27(37)34(24)29-32-33-30(43-29)42-15-16-2-9-20(31)10-3-16/h2-11,14,24,35H,12-13,15H2,1H3/b25-23+/t24-/m1/s1. The minimum atomic E-state index is -1.08. The van der Waals surface area contributed by atoms with E-state index < -0.39 is 29.5 Å². The van der Waals surface area contributed by atoms with Crippen molar-refractivity contribution in [2.24, 2.45) is 0 Å². The zero-order valence-corrected chi connectivity index (χ0v) is 24.1. The number of rotatable bonds is 7. The van der Waals surface area contributed by atoms with E-state index in [0.717, 1.165) is 16.9 Å². The van der Waals surface area contributed by atoms with Crippen LogP contribution in [0.2, 0.25) is 0 Å². The van der Waals surface area contributed by atoms with E-state index in [1.807, 2.05) is 0 Å². The maximum atomic E-state index is 13.5. The van der Waals surface area contributed by atoms with Crippen LogP contribution in [-0.4, -0.2) is 53.3 Å². The molecule has 2 aliphatic rings. The van der Waals surface area contributed by atoms with Gasteiger partial charge in [0, 0.05) is 11.3 Å². The van der Waals surface area contributed by atoms with Crippen molar-refractivity contribution in [3.63, 3.8) is 0 Å². The first-order valence-corrected chi connectivity index (χ1v) is 14.7. The van der Waals surface area contributed by atoms with Gasteiger partial charge in [-0.1, -0.05) is 47.4 Å². The van der Waals surface area contributed by atoms with E-state index in [9.17, 15) is 23.9 Å². The lowest BCUT2D eigenvalue weighted by Crippen LogP contribution is -2.29. The largest absolute Gasteiger partial charge is 0.507 e. The summed E-state index contributed by atoms with van der Waals surface area (Å²) in [5, 5.41) is 20.0. The number of aliphatic hydroxyl groups excluding tert-OH is 1. The average molecular weight is 620 g/mol. The summed E-state index contributed by atoms with van der Waals surface area (Å²) in [5.41, 5.74) is 1.68. The topological polar surface area (TPSA) is 128 Å². The molecule has 0 saturated carbocycles. The van der Waals surface area contributed by atoms with Crippen molar-refractivity contribution in [3.05, 3.63) is 100 Å². The second-order valence-electron chi connectivity index (χ2n) is 9.41. The van der Waals surface area contributed by atoms with Gasteiger partial charge in [0.1, 0.15) is 24.8 Å². The van der Waals surface area contributed by atoms with Gasteiger partial charge < -0.3 is 19.3 Å². The third-order valence-corrected chi connectivity index (χ3v) is 8.91. The van der Waals surface area contributed by atoms with Crippen LogP contribution in [0.5, 0.6) is 11.5 Å². The molecule has 0 spiro atoms. The summed E-state index contributed by atoms with van der Waals surface area (Å²) in [6.45, 7) is 0.712. The SMILES string of the molecule is COC(=O)c1ccc([C@@H]2/C(=C(\O)c3ccc4c(c3)OCCO4)C(=O)C(=O)N2c2nnc(SCc3ccc(F)cc3)s2)cc1. The second-order valence-corrected chi connectivity index (χ2v) is 11.6. The van der Waals surface area contributed by atoms with Gasteiger partial charge in [0.2, 0.25) is 5.13 Å². The lowest BCUT2D eigenvalue weighted by molar-refractivity contribution is -0.132. The Morgan fingerprint density at radius 3 is 2.44 bits per heavy atom. The van der Waals surface area contributed by atoms with Crippen LogP contribution in [0.25, 0.3) is 5.76 Å². The number of ketones is 1. The number of hydrogen-bond donors (Lipinski definition) is 1. The maximum absolute atomic E-state index is 13.5. The first-order valence-electron chi connectivity index (χ1n) is 12.9. The highest BCUT2D eigenvalue weighted by Crippen LogP contribution is 2.45. The number of ether oxygens (including phenoxy) is 3. The Bertz CT molecular complexity index is 1760. The molecule has 3 aromatic carbocycles. The van der Waals surface area contributed by atoms with Crippen molar-refractivity contribution < 1.29 is 38.1 Å². The van der Waals surface area contributed by atoms with Crippen molar-refractivity contribution in [2.75, 3.05) is 25.2 Å². The fourth-order valence-electron chi connectivity index (χ4n) is 4.69. The summed E-state index contributed by atoms with van der Waals surface area (Å²) in [5.74, 6) is -1.72. The van der Waals surface area contributed by atoms with Gasteiger partial charge in [0.05, 0.1) is 24.3 Å². The zero-order chi connectivity index (χ0) is 30.1. The molecule has 0 aliphatic carbocycles. The summed E-state index contributed by atoms with van der Waals surface area (Å²) in [6, 6.07) is 15.9. The van der Waals surface area contributed by atoms with Crippen molar-refractivity contribution >= 4 is 51.6 Å². The highest BCUT2D eigenvalue weighted by atomic mass is 32.2. The van der Waals surface area contributed by atoms with E-state index in [1.54, 1.807) is 42.5 Å². The molecule has 3 heterocycles. The number of esters is 1. The summed E-state index contributed by atoms with van der Waals surface area (Å²) in [7, 11) is 1.26. The maximum Gasteiger partial charge on any atom is 0.337 e. The van der Waals surface area contributed by atoms with Gasteiger partial charge in [0.15, 0.2) is 15.8 Å². The number of carbonyl (C=O) groups is 3. The van der Waals surface area contributed by atoms with Crippen molar-refractivity contribution in [3.8, 4) is 11.5 Å². The number of benzene rings is 3. The summed E-state index contributed by atoms with van der Waals surface area (Å²) in [4.78, 5) is 40.3. The first-order chi connectivity index (χ1) is 20.8. The molecule has 1 aromatic heterocycles. The second kappa shape index (κ2) is 11.9. The third-order valence-electron chi connectivity index (χ3n) is 6.79. The lowest BCUT2D eigenvalue weighted by atomic mass is 9.94. The van der Waals surface area contributed by atoms with Gasteiger partial charge in [-0.05, 0) is 53.6 Å². The Morgan fingerprint density at radius 1 is 1.02 bits per heavy atom. The number of thioether (sulfide) groups is 1. The van der Waals surface area contributed by atoms with E-state index >= 15 is 0 Å². The Hall–Kier alpha value is -4.75. The number of nitrogens with zero attached hydrogens (tertiary/aromatic N) is 3. The fourth-order valence-corrected chi connectivity index (χ4v) is 6.52. The Labute approximate surface area is 252 Å². The number of fused-ring (bicyclic) bond motifs is 1. The average Bonchev–Trinajstić information content (AvgIpc) is 3.61. The van der Waals surface area contributed by atoms with Crippen LogP contribution in [-0.2, 0) is 20.1 Å². The van der Waals surface area contributed by atoms with Crippen LogP contribution in [0.4, 0.5) is 9.52 Å². The Morgan fingerprint density at radius 2 is 1.72 bits per heavy atom. The number of aliphatic hydroxyl groups is 1. The predicted molar refractivity (Wildman–Crippen MR) is 156 cm³/mol. The van der Waals surface area contributed by atoms with Crippen LogP contribution in [0.15, 0.2) is 76.6 Å². The molecule has 10 nitrogen and oxygen atoms in total. The Balaban J connectivity index is 1.39. The molecule has 1 amide bonds. The van der Waals surface area contributed by atoms with Crippen molar-refractivity contribution in [2.45, 2.75) is 16.1 Å². The van der Waals surface area contributed by atoms with Gasteiger partial charge >= 0.3 is 11.9 Å². The molecule has 0 unspecified atom stereocenters. The van der Waals surface area contributed by atoms with E-state index in [-0.39, 0.29) is 27.6 Å². The Kier molecular flexibility index (Phi) is 7.82. The highest BCUT2D eigenvalue weighted by Gasteiger charge is 2.48. The van der Waals surface area contributed by atoms with Gasteiger partial charge in [-0.15, -0.1) is 10.2 Å². The minimum Gasteiger partial charge on any atom is -0.507 e. The third kappa shape index (κ3) is 5.56. The molecule has 0 radical (unpaired) electrons. The van der Waals surface area contributed by atoms with Crippen LogP contribution >= 0.6 is 23.1 Å². The summed E-state index contributed by atoms with van der Waals surface area (Å²) < 4.78 is 29.8. The van der Waals surface area contributed by atoms with Crippen LogP contribution in [0.3, 0.4) is 0 Å². The van der Waals surface area contributed by atoms with E-state index in [0.29, 0.717) is 40.4 Å². The van der Waals surface area contributed by atoms with Gasteiger partial charge in [-0.25, -0.2) is 9.18 Å². The summed E-state index contributed by atoms with van der Waals surface area (Å²) >= 11 is 2.45. The number of halogens is 1. The molecule has 218 valence electrons. The van der Waals surface area contributed by atoms with Gasteiger partial charge in [-0.2, -0.15) is 0 Å². The molecular formula is C30H22FN3O7S2. The number of carbonyl (C=O) groups excluding carboxylic acids is 3. The quantitative estimate of drug-likeness (QED) is 0.0741. The van der Waals surface area contributed by atoms with E-state index in [2.05, 4.69) is 10.2 Å². The fraction of sp³-hybridized carbons (Fsp3) is 0.167. The smallest absolute Gasteiger partial charge is 0.337 e. The van der Waals surface area contributed by atoms with E-state index in [4.69, 9.17) is 14.2 Å². The molecule has 1 atom stereocenters. The monoisotopic (exact) mass is 619 g/mol. The molecule has 1 saturated heterocycles. The molecule has 0 bridgehead atoms. The van der Waals surface area contributed by atoms with Crippen LogP contribution in [0.1, 0.15) is 33.1 Å².